The van der Waals surface area contributed by atoms with Gasteiger partial charge in [-0.05, 0) is 12.8 Å². The van der Waals surface area contributed by atoms with Crippen molar-refractivity contribution in [1.82, 2.24) is 15.1 Å². The zero-order valence-corrected chi connectivity index (χ0v) is 9.22. The van der Waals surface area contributed by atoms with Gasteiger partial charge in [0.15, 0.2) is 0 Å². The number of allylic oxidation sites excluding steroid dienone is 1. The van der Waals surface area contributed by atoms with Gasteiger partial charge in [-0.1, -0.05) is 0 Å². The zero-order valence-electron chi connectivity index (χ0n) is 9.22. The Morgan fingerprint density at radius 3 is 2.69 bits per heavy atom. The second kappa shape index (κ2) is 4.88. The summed E-state index contributed by atoms with van der Waals surface area (Å²) in [4.78, 5) is 15.5. The van der Waals surface area contributed by atoms with E-state index in [2.05, 4.69) is 10.2 Å². The molecule has 5 heteroatoms. The van der Waals surface area contributed by atoms with Crippen LogP contribution in [0, 0.1) is 11.3 Å². The highest BCUT2D eigenvalue weighted by Gasteiger charge is 2.29. The maximum atomic E-state index is 11.5. The van der Waals surface area contributed by atoms with Gasteiger partial charge < -0.3 is 15.1 Å². The number of piperidine rings is 1. The molecule has 0 aromatic carbocycles. The SMILES string of the molecule is N#C/C=C/N1CCC(N2CCNC2=O)CC1. The minimum absolute atomic E-state index is 0.0750. The van der Waals surface area contributed by atoms with Crippen LogP contribution in [0.25, 0.3) is 0 Å². The molecule has 2 aliphatic rings. The minimum Gasteiger partial charge on any atom is -0.377 e. The Kier molecular flexibility index (Phi) is 3.30. The Hall–Kier alpha value is -1.70. The van der Waals surface area contributed by atoms with E-state index < -0.39 is 0 Å². The molecule has 2 saturated heterocycles. The average molecular weight is 220 g/mol. The maximum absolute atomic E-state index is 11.5. The highest BCUT2D eigenvalue weighted by atomic mass is 16.2. The number of carbonyl (C=O) groups is 1. The highest BCUT2D eigenvalue weighted by Crippen LogP contribution is 2.18. The number of nitrogens with one attached hydrogen (secondary N) is 1. The van der Waals surface area contributed by atoms with Crippen molar-refractivity contribution >= 4 is 6.03 Å². The first-order valence-electron chi connectivity index (χ1n) is 5.66. The number of urea groups is 1. The first-order valence-corrected chi connectivity index (χ1v) is 5.66. The van der Waals surface area contributed by atoms with Crippen LogP contribution in [0.3, 0.4) is 0 Å². The average Bonchev–Trinajstić information content (AvgIpc) is 2.74. The first kappa shape index (κ1) is 10.8. The molecular weight excluding hydrogens is 204 g/mol. The number of hydrogen-bond acceptors (Lipinski definition) is 3. The molecule has 2 aliphatic heterocycles. The van der Waals surface area contributed by atoms with Crippen LogP contribution in [0.4, 0.5) is 4.79 Å². The second-order valence-corrected chi connectivity index (χ2v) is 4.14. The summed E-state index contributed by atoms with van der Waals surface area (Å²) in [5.41, 5.74) is 0. The number of carbonyl (C=O) groups excluding carboxylic acids is 1. The molecule has 2 amide bonds. The lowest BCUT2D eigenvalue weighted by molar-refractivity contribution is 0.158. The number of rotatable bonds is 2. The van der Waals surface area contributed by atoms with Gasteiger partial charge in [0, 0.05) is 44.5 Å². The summed E-state index contributed by atoms with van der Waals surface area (Å²) in [6.45, 7) is 3.45. The molecule has 2 heterocycles. The number of hydrogen-bond donors (Lipinski definition) is 1. The van der Waals surface area contributed by atoms with Crippen molar-refractivity contribution in [3.8, 4) is 6.07 Å². The molecule has 0 aromatic heterocycles. The van der Waals surface area contributed by atoms with Gasteiger partial charge in [0.05, 0.1) is 6.07 Å². The summed E-state index contributed by atoms with van der Waals surface area (Å²) >= 11 is 0. The van der Waals surface area contributed by atoms with Crippen LogP contribution < -0.4 is 5.32 Å². The van der Waals surface area contributed by atoms with Crippen molar-refractivity contribution in [2.75, 3.05) is 26.2 Å². The van der Waals surface area contributed by atoms with Crippen LogP contribution in [-0.4, -0.2) is 48.1 Å². The zero-order chi connectivity index (χ0) is 11.4. The van der Waals surface area contributed by atoms with E-state index in [9.17, 15) is 4.79 Å². The third kappa shape index (κ3) is 2.27. The lowest BCUT2D eigenvalue weighted by Gasteiger charge is -2.35. The third-order valence-electron chi connectivity index (χ3n) is 3.19. The van der Waals surface area contributed by atoms with Gasteiger partial charge in [0.25, 0.3) is 0 Å². The molecule has 5 nitrogen and oxygen atoms in total. The van der Waals surface area contributed by atoms with Gasteiger partial charge in [-0.25, -0.2) is 4.79 Å². The molecule has 0 radical (unpaired) electrons. The van der Waals surface area contributed by atoms with E-state index in [1.54, 1.807) is 0 Å². The van der Waals surface area contributed by atoms with Crippen LogP contribution in [-0.2, 0) is 0 Å². The van der Waals surface area contributed by atoms with Crippen LogP contribution in [0.15, 0.2) is 12.3 Å². The quantitative estimate of drug-likeness (QED) is 0.690. The molecule has 0 unspecified atom stereocenters. The smallest absolute Gasteiger partial charge is 0.317 e. The molecule has 0 saturated carbocycles. The van der Waals surface area contributed by atoms with E-state index in [1.165, 1.54) is 6.08 Å². The van der Waals surface area contributed by atoms with E-state index in [1.807, 2.05) is 17.2 Å². The van der Waals surface area contributed by atoms with Crippen molar-refractivity contribution in [2.45, 2.75) is 18.9 Å². The van der Waals surface area contributed by atoms with Crippen molar-refractivity contribution in [1.29, 1.82) is 5.26 Å². The lowest BCUT2D eigenvalue weighted by atomic mass is 10.0. The summed E-state index contributed by atoms with van der Waals surface area (Å²) in [6.07, 6.45) is 5.32. The van der Waals surface area contributed by atoms with E-state index in [4.69, 9.17) is 5.26 Å². The standard InChI is InChI=1S/C11H16N4O/c12-4-1-6-14-7-2-10(3-8-14)15-9-5-13-11(15)16/h1,6,10H,2-3,5,7-9H2,(H,13,16)/b6-1+. The molecule has 0 bridgehead atoms. The summed E-state index contributed by atoms with van der Waals surface area (Å²) < 4.78 is 0. The predicted octanol–water partition coefficient (Wildman–Crippen LogP) is 0.513. The molecule has 1 N–H and O–H groups in total. The van der Waals surface area contributed by atoms with E-state index in [-0.39, 0.29) is 6.03 Å². The summed E-state index contributed by atoms with van der Waals surface area (Å²) in [5.74, 6) is 0. The lowest BCUT2D eigenvalue weighted by Crippen LogP contribution is -2.44. The molecule has 2 rings (SSSR count). The Morgan fingerprint density at radius 1 is 1.38 bits per heavy atom. The van der Waals surface area contributed by atoms with Gasteiger partial charge >= 0.3 is 6.03 Å². The fourth-order valence-corrected chi connectivity index (χ4v) is 2.32. The molecule has 0 aromatic rings. The van der Waals surface area contributed by atoms with E-state index in [0.29, 0.717) is 6.04 Å². The Labute approximate surface area is 95.3 Å². The van der Waals surface area contributed by atoms with Crippen molar-refractivity contribution in [3.63, 3.8) is 0 Å². The van der Waals surface area contributed by atoms with Crippen molar-refractivity contribution < 1.29 is 4.79 Å². The number of nitriles is 1. The largest absolute Gasteiger partial charge is 0.377 e. The van der Waals surface area contributed by atoms with Gasteiger partial charge in [-0.2, -0.15) is 5.26 Å². The fraction of sp³-hybridized carbons (Fsp3) is 0.636. The minimum atomic E-state index is 0.0750. The fourth-order valence-electron chi connectivity index (χ4n) is 2.32. The number of likely N-dealkylation sites (tertiary alicyclic amines) is 1. The Bertz CT molecular complexity index is 325. The van der Waals surface area contributed by atoms with Gasteiger partial charge in [-0.15, -0.1) is 0 Å². The molecule has 16 heavy (non-hydrogen) atoms. The van der Waals surface area contributed by atoms with Crippen LogP contribution in [0.5, 0.6) is 0 Å². The molecule has 0 spiro atoms. The summed E-state index contributed by atoms with van der Waals surface area (Å²) in [5, 5.41) is 11.3. The summed E-state index contributed by atoms with van der Waals surface area (Å²) in [7, 11) is 0. The number of nitrogens with zero attached hydrogens (tertiary/aromatic N) is 3. The van der Waals surface area contributed by atoms with E-state index in [0.717, 1.165) is 39.0 Å². The van der Waals surface area contributed by atoms with Gasteiger partial charge in [0.1, 0.15) is 0 Å². The monoisotopic (exact) mass is 220 g/mol. The highest BCUT2D eigenvalue weighted by molar-refractivity contribution is 5.76. The van der Waals surface area contributed by atoms with Crippen LogP contribution in [0.1, 0.15) is 12.8 Å². The molecule has 2 fully saturated rings. The van der Waals surface area contributed by atoms with Crippen LogP contribution >= 0.6 is 0 Å². The van der Waals surface area contributed by atoms with Crippen molar-refractivity contribution in [3.05, 3.63) is 12.3 Å². The predicted molar refractivity (Wildman–Crippen MR) is 59.5 cm³/mol. The second-order valence-electron chi connectivity index (χ2n) is 4.14. The number of amides is 2. The van der Waals surface area contributed by atoms with Crippen LogP contribution in [0.2, 0.25) is 0 Å². The third-order valence-corrected chi connectivity index (χ3v) is 3.19. The van der Waals surface area contributed by atoms with E-state index >= 15 is 0 Å². The maximum Gasteiger partial charge on any atom is 0.317 e. The van der Waals surface area contributed by atoms with Crippen molar-refractivity contribution in [2.24, 2.45) is 0 Å². The first-order chi connectivity index (χ1) is 7.81. The molecule has 86 valence electrons. The van der Waals surface area contributed by atoms with Gasteiger partial charge in [0.2, 0.25) is 0 Å². The topological polar surface area (TPSA) is 59.4 Å². The molecule has 0 atom stereocenters. The summed E-state index contributed by atoms with van der Waals surface area (Å²) in [6, 6.07) is 2.44. The normalized spacial score (nSPS) is 22.6. The Morgan fingerprint density at radius 2 is 2.12 bits per heavy atom. The molecule has 0 aliphatic carbocycles. The van der Waals surface area contributed by atoms with Gasteiger partial charge in [-0.3, -0.25) is 0 Å². The molecular formula is C11H16N4O. The Balaban J connectivity index is 1.83.